The Morgan fingerprint density at radius 2 is 2.15 bits per heavy atom. The molecule has 0 aliphatic carbocycles. The van der Waals surface area contributed by atoms with Gasteiger partial charge in [0.1, 0.15) is 5.75 Å². The molecule has 0 bridgehead atoms. The number of benzene rings is 1. The van der Waals surface area contributed by atoms with Crippen LogP contribution in [0.3, 0.4) is 0 Å². The predicted molar refractivity (Wildman–Crippen MR) is 95.8 cm³/mol. The number of carbonyl (C=O) groups excluding carboxylic acids is 1. The summed E-state index contributed by atoms with van der Waals surface area (Å²) in [6.07, 6.45) is 1.48. The topological polar surface area (TPSA) is 146 Å². The van der Waals surface area contributed by atoms with Gasteiger partial charge >= 0.3 is 0 Å². The summed E-state index contributed by atoms with van der Waals surface area (Å²) < 4.78 is 11.1. The van der Waals surface area contributed by atoms with Gasteiger partial charge in [0.2, 0.25) is 11.6 Å². The van der Waals surface area contributed by atoms with E-state index < -0.39 is 5.91 Å². The van der Waals surface area contributed by atoms with Crippen LogP contribution < -0.4 is 15.9 Å². The molecular formula is C16H18N8O3. The van der Waals surface area contributed by atoms with Gasteiger partial charge in [-0.2, -0.15) is 9.78 Å². The lowest BCUT2D eigenvalue weighted by molar-refractivity contribution is 0.0948. The van der Waals surface area contributed by atoms with Gasteiger partial charge in [0, 0.05) is 5.56 Å². The fraction of sp³-hybridized carbons (Fsp3) is 0.250. The molecule has 1 amide bonds. The third-order valence-corrected chi connectivity index (χ3v) is 3.67. The van der Waals surface area contributed by atoms with Crippen LogP contribution in [0.5, 0.6) is 5.75 Å². The Balaban J connectivity index is 1.84. The number of amides is 1. The van der Waals surface area contributed by atoms with Gasteiger partial charge in [0.05, 0.1) is 19.0 Å². The number of aromatic nitrogens is 5. The molecule has 3 N–H and O–H groups in total. The van der Waals surface area contributed by atoms with E-state index in [1.54, 1.807) is 13.2 Å². The Morgan fingerprint density at radius 3 is 2.81 bits per heavy atom. The molecule has 0 saturated heterocycles. The lowest BCUT2D eigenvalue weighted by Crippen LogP contribution is -2.21. The summed E-state index contributed by atoms with van der Waals surface area (Å²) in [6, 6.07) is 7.28. The van der Waals surface area contributed by atoms with Crippen LogP contribution in [0.25, 0.3) is 5.82 Å². The average molecular weight is 370 g/mol. The Labute approximate surface area is 154 Å². The van der Waals surface area contributed by atoms with Crippen molar-refractivity contribution in [1.82, 2.24) is 30.7 Å². The molecule has 3 rings (SSSR count). The number of ether oxygens (including phenoxy) is 1. The molecule has 0 atom stereocenters. The van der Waals surface area contributed by atoms with Crippen molar-refractivity contribution >= 4 is 17.9 Å². The molecule has 0 spiro atoms. The van der Waals surface area contributed by atoms with Gasteiger partial charge in [-0.05, 0) is 28.4 Å². The summed E-state index contributed by atoms with van der Waals surface area (Å²) in [7, 11) is 1.56. The van der Waals surface area contributed by atoms with Crippen molar-refractivity contribution in [1.29, 1.82) is 0 Å². The van der Waals surface area contributed by atoms with Crippen molar-refractivity contribution in [3.05, 3.63) is 41.2 Å². The molecular weight excluding hydrogens is 352 g/mol. The number of nitrogens with two attached hydrogens (primary N) is 1. The van der Waals surface area contributed by atoms with Crippen molar-refractivity contribution in [2.45, 2.75) is 19.8 Å². The second-order valence-corrected chi connectivity index (χ2v) is 5.80. The fourth-order valence-electron chi connectivity index (χ4n) is 2.45. The number of hydrazone groups is 1. The first-order valence-electron chi connectivity index (χ1n) is 8.03. The smallest absolute Gasteiger partial charge is 0.293 e. The summed E-state index contributed by atoms with van der Waals surface area (Å²) in [5.74, 6) is 0.227. The zero-order chi connectivity index (χ0) is 19.4. The fourth-order valence-corrected chi connectivity index (χ4v) is 2.45. The number of anilines is 1. The molecule has 2 heterocycles. The highest BCUT2D eigenvalue weighted by Gasteiger charge is 2.25. The van der Waals surface area contributed by atoms with Crippen LogP contribution in [0.15, 0.2) is 34.0 Å². The zero-order valence-electron chi connectivity index (χ0n) is 14.9. The second-order valence-electron chi connectivity index (χ2n) is 5.80. The molecule has 27 heavy (non-hydrogen) atoms. The summed E-state index contributed by atoms with van der Waals surface area (Å²) in [5, 5.41) is 19.1. The second kappa shape index (κ2) is 7.64. The minimum atomic E-state index is -0.522. The lowest BCUT2D eigenvalue weighted by Gasteiger charge is -2.08. The zero-order valence-corrected chi connectivity index (χ0v) is 14.9. The van der Waals surface area contributed by atoms with Gasteiger partial charge in [-0.1, -0.05) is 31.2 Å². The molecule has 0 aliphatic rings. The van der Waals surface area contributed by atoms with Gasteiger partial charge in [-0.15, -0.1) is 5.10 Å². The number of nitrogens with zero attached hydrogens (tertiary/aromatic N) is 6. The van der Waals surface area contributed by atoms with E-state index in [1.807, 2.05) is 32.0 Å². The number of nitrogens with one attached hydrogen (secondary N) is 1. The third-order valence-electron chi connectivity index (χ3n) is 3.67. The summed E-state index contributed by atoms with van der Waals surface area (Å²) in [5.41, 5.74) is 9.46. The van der Waals surface area contributed by atoms with Crippen molar-refractivity contribution in [3.63, 3.8) is 0 Å². The molecule has 11 nitrogen and oxygen atoms in total. The standard InChI is InChI=1S/C16H18N8O3/c1-9(2)13-12(19-23-24(13)15-14(17)21-27-22-15)16(25)20-18-8-10-6-4-5-7-11(10)26-3/h4-9H,1-3H3,(H2,17,21)(H,20,25)/b18-8-. The maximum absolute atomic E-state index is 12.5. The minimum Gasteiger partial charge on any atom is -0.496 e. The number of nitrogen functional groups attached to an aromatic ring is 1. The number of methoxy groups -OCH3 is 1. The van der Waals surface area contributed by atoms with E-state index >= 15 is 0 Å². The Morgan fingerprint density at radius 1 is 1.37 bits per heavy atom. The SMILES string of the molecule is COc1ccccc1/C=N\NC(=O)c1nnn(-c2nonc2N)c1C(C)C. The van der Waals surface area contributed by atoms with Crippen molar-refractivity contribution < 1.29 is 14.2 Å². The summed E-state index contributed by atoms with van der Waals surface area (Å²) >= 11 is 0. The summed E-state index contributed by atoms with van der Waals surface area (Å²) in [6.45, 7) is 3.77. The van der Waals surface area contributed by atoms with Crippen molar-refractivity contribution in [2.75, 3.05) is 12.8 Å². The van der Waals surface area contributed by atoms with Gasteiger partial charge in [-0.3, -0.25) is 4.79 Å². The van der Waals surface area contributed by atoms with E-state index in [0.717, 1.165) is 5.56 Å². The first-order valence-corrected chi connectivity index (χ1v) is 8.03. The normalized spacial score (nSPS) is 11.3. The van der Waals surface area contributed by atoms with Gasteiger partial charge < -0.3 is 10.5 Å². The third kappa shape index (κ3) is 3.61. The highest BCUT2D eigenvalue weighted by molar-refractivity contribution is 5.94. The van der Waals surface area contributed by atoms with Gasteiger partial charge in [0.25, 0.3) is 5.91 Å². The molecule has 0 saturated carbocycles. The Bertz CT molecular complexity index is 976. The number of rotatable bonds is 6. The highest BCUT2D eigenvalue weighted by Crippen LogP contribution is 2.22. The van der Waals surface area contributed by atoms with Crippen LogP contribution in [0.1, 0.15) is 41.5 Å². The van der Waals surface area contributed by atoms with Crippen molar-refractivity contribution in [2.24, 2.45) is 5.10 Å². The summed E-state index contributed by atoms with van der Waals surface area (Å²) in [4.78, 5) is 12.5. The Hall–Kier alpha value is -3.76. The molecule has 0 aliphatic heterocycles. The quantitative estimate of drug-likeness (QED) is 0.485. The van der Waals surface area contributed by atoms with Crippen LogP contribution in [0, 0.1) is 0 Å². The average Bonchev–Trinajstić information content (AvgIpc) is 3.27. The van der Waals surface area contributed by atoms with E-state index in [9.17, 15) is 4.79 Å². The first-order chi connectivity index (χ1) is 13.0. The molecule has 0 radical (unpaired) electrons. The van der Waals surface area contributed by atoms with Crippen LogP contribution in [-0.4, -0.2) is 44.5 Å². The number of para-hydroxylation sites is 1. The molecule has 0 fully saturated rings. The van der Waals surface area contributed by atoms with Crippen molar-refractivity contribution in [3.8, 4) is 11.6 Å². The largest absolute Gasteiger partial charge is 0.496 e. The minimum absolute atomic E-state index is 0.0444. The van der Waals surface area contributed by atoms with E-state index in [2.05, 4.69) is 35.8 Å². The highest BCUT2D eigenvalue weighted by atomic mass is 16.6. The molecule has 11 heteroatoms. The lowest BCUT2D eigenvalue weighted by atomic mass is 10.1. The molecule has 3 aromatic rings. The number of carbonyl (C=O) groups is 1. The van der Waals surface area contributed by atoms with Crippen LogP contribution in [-0.2, 0) is 0 Å². The number of hydrogen-bond acceptors (Lipinski definition) is 9. The molecule has 2 aromatic heterocycles. The van der Waals surface area contributed by atoms with E-state index in [-0.39, 0.29) is 23.2 Å². The van der Waals surface area contributed by atoms with E-state index in [4.69, 9.17) is 10.5 Å². The maximum atomic E-state index is 12.5. The maximum Gasteiger partial charge on any atom is 0.293 e. The first kappa shape index (κ1) is 18.0. The van der Waals surface area contributed by atoms with Gasteiger partial charge in [0.15, 0.2) is 5.69 Å². The monoisotopic (exact) mass is 370 g/mol. The molecule has 140 valence electrons. The van der Waals surface area contributed by atoms with Gasteiger partial charge in [-0.25, -0.2) is 10.1 Å². The molecule has 0 unspecified atom stereocenters. The van der Waals surface area contributed by atoms with E-state index in [1.165, 1.54) is 10.9 Å². The van der Waals surface area contributed by atoms with Crippen LogP contribution >= 0.6 is 0 Å². The van der Waals surface area contributed by atoms with Crippen LogP contribution in [0.4, 0.5) is 5.82 Å². The number of hydrogen-bond donors (Lipinski definition) is 2. The molecule has 1 aromatic carbocycles. The van der Waals surface area contributed by atoms with E-state index in [0.29, 0.717) is 11.4 Å². The Kier molecular flexibility index (Phi) is 5.11. The van der Waals surface area contributed by atoms with Crippen LogP contribution in [0.2, 0.25) is 0 Å². The predicted octanol–water partition coefficient (Wildman–Crippen LogP) is 1.13.